The monoisotopic (exact) mass is 650 g/mol. The molecule has 0 bridgehead atoms. The van der Waals surface area contributed by atoms with Crippen molar-refractivity contribution in [1.82, 2.24) is 24.6 Å². The van der Waals surface area contributed by atoms with E-state index in [2.05, 4.69) is 41.5 Å². The first-order valence-corrected chi connectivity index (χ1v) is 14.7. The number of carbonyl (C=O) groups excluding carboxylic acids is 1. The number of rotatable bonds is 5. The molecule has 1 amide bonds. The fraction of sp³-hybridized carbons (Fsp3) is 0.600. The summed E-state index contributed by atoms with van der Waals surface area (Å²) in [6.45, 7) is 6.55. The van der Waals surface area contributed by atoms with Crippen LogP contribution in [-0.4, -0.2) is 64.8 Å². The molecule has 1 aliphatic heterocycles. The van der Waals surface area contributed by atoms with Crippen LogP contribution in [0.1, 0.15) is 44.2 Å². The first-order chi connectivity index (χ1) is 16.9. The number of halogens is 5. The molecule has 0 unspecified atom stereocenters. The molecule has 0 atom stereocenters. The lowest BCUT2D eigenvalue weighted by Gasteiger charge is -2.30. The molecule has 1 saturated heterocycles. The SMILES string of the molecule is CC(C)(C)OC(=O)NCc1ncc(Br)s1.CS(=O)(=O)N1CCC(Nc2ncc(C(F)(F)F)c(Cl)n2)CC1. The van der Waals surface area contributed by atoms with Crippen LogP contribution in [0.25, 0.3) is 0 Å². The molecule has 10 nitrogen and oxygen atoms in total. The third kappa shape index (κ3) is 11.3. The number of alkyl halides is 3. The van der Waals surface area contributed by atoms with Crippen LogP contribution in [0.5, 0.6) is 0 Å². The zero-order chi connectivity index (χ0) is 28.0. The summed E-state index contributed by atoms with van der Waals surface area (Å²) in [5, 5.41) is 5.68. The van der Waals surface area contributed by atoms with E-state index >= 15 is 0 Å². The van der Waals surface area contributed by atoms with Gasteiger partial charge in [-0.25, -0.2) is 32.5 Å². The maximum atomic E-state index is 12.5. The lowest BCUT2D eigenvalue weighted by Crippen LogP contribution is -2.42. The summed E-state index contributed by atoms with van der Waals surface area (Å²) < 4.78 is 67.8. The van der Waals surface area contributed by atoms with E-state index in [9.17, 15) is 26.4 Å². The average Bonchev–Trinajstić information content (AvgIpc) is 3.16. The molecule has 0 aliphatic carbocycles. The van der Waals surface area contributed by atoms with Gasteiger partial charge < -0.3 is 15.4 Å². The lowest BCUT2D eigenvalue weighted by molar-refractivity contribution is -0.137. The van der Waals surface area contributed by atoms with Crippen molar-refractivity contribution in [1.29, 1.82) is 0 Å². The Hall–Kier alpha value is -1.75. The molecule has 0 spiro atoms. The molecule has 37 heavy (non-hydrogen) atoms. The number of piperidine rings is 1. The van der Waals surface area contributed by atoms with Crippen molar-refractivity contribution >= 4 is 60.9 Å². The van der Waals surface area contributed by atoms with E-state index in [0.29, 0.717) is 38.7 Å². The number of alkyl carbamates (subject to hydrolysis) is 1. The van der Waals surface area contributed by atoms with Crippen molar-refractivity contribution in [3.05, 3.63) is 31.9 Å². The van der Waals surface area contributed by atoms with Crippen molar-refractivity contribution in [2.75, 3.05) is 24.7 Å². The van der Waals surface area contributed by atoms with Gasteiger partial charge in [0, 0.05) is 25.3 Å². The molecule has 0 aromatic carbocycles. The topological polar surface area (TPSA) is 126 Å². The van der Waals surface area contributed by atoms with Crippen LogP contribution >= 0.6 is 38.9 Å². The molecular formula is C20H27BrClF3N6O4S2. The van der Waals surface area contributed by atoms with E-state index in [1.807, 2.05) is 20.8 Å². The zero-order valence-corrected chi connectivity index (χ0v) is 24.4. The highest BCUT2D eigenvalue weighted by Gasteiger charge is 2.35. The van der Waals surface area contributed by atoms with Crippen molar-refractivity contribution in [2.45, 2.75) is 58.0 Å². The second-order valence-electron chi connectivity index (χ2n) is 8.89. The molecule has 3 rings (SSSR count). The number of amides is 1. The van der Waals surface area contributed by atoms with E-state index in [-0.39, 0.29) is 12.0 Å². The van der Waals surface area contributed by atoms with Gasteiger partial charge in [0.15, 0.2) is 0 Å². The Bertz CT molecular complexity index is 1170. The van der Waals surface area contributed by atoms with E-state index in [1.54, 1.807) is 6.20 Å². The maximum absolute atomic E-state index is 12.5. The highest BCUT2D eigenvalue weighted by Crippen LogP contribution is 2.33. The van der Waals surface area contributed by atoms with Gasteiger partial charge in [-0.05, 0) is 49.5 Å². The standard InChI is InChI=1S/C11H14ClF3N4O2S.C9H13BrN2O2S/c1-22(20,21)19-4-2-7(3-5-19)17-10-16-6-8(9(12)18-10)11(13,14)15;1-9(2,3)14-8(13)12-5-7-11-4-6(10)15-7/h6-7H,2-5H2,1H3,(H,16,17,18);4H,5H2,1-3H3,(H,12,13). The number of anilines is 1. The van der Waals surface area contributed by atoms with Gasteiger partial charge in [0.25, 0.3) is 0 Å². The fourth-order valence-electron chi connectivity index (χ4n) is 2.97. The number of nitrogens with zero attached hydrogens (tertiary/aromatic N) is 4. The van der Waals surface area contributed by atoms with Crippen molar-refractivity contribution in [3.63, 3.8) is 0 Å². The molecule has 2 aromatic rings. The molecule has 17 heteroatoms. The number of aromatic nitrogens is 3. The number of hydrogen-bond donors (Lipinski definition) is 2. The van der Waals surface area contributed by atoms with Gasteiger partial charge in [0.1, 0.15) is 21.3 Å². The summed E-state index contributed by atoms with van der Waals surface area (Å²) >= 11 is 10.3. The summed E-state index contributed by atoms with van der Waals surface area (Å²) in [5.74, 6) is -0.00388. The first kappa shape index (κ1) is 31.5. The number of hydrogen-bond acceptors (Lipinski definition) is 9. The Labute approximate surface area is 230 Å². The van der Waals surface area contributed by atoms with Crippen LogP contribution in [0.15, 0.2) is 16.2 Å². The number of ether oxygens (including phenoxy) is 1. The Morgan fingerprint density at radius 2 is 1.86 bits per heavy atom. The molecule has 3 heterocycles. The van der Waals surface area contributed by atoms with Crippen LogP contribution in [0.2, 0.25) is 5.15 Å². The maximum Gasteiger partial charge on any atom is 0.420 e. The predicted molar refractivity (Wildman–Crippen MR) is 138 cm³/mol. The Morgan fingerprint density at radius 1 is 1.24 bits per heavy atom. The van der Waals surface area contributed by atoms with Gasteiger partial charge in [-0.3, -0.25) is 0 Å². The molecule has 2 N–H and O–H groups in total. The van der Waals surface area contributed by atoms with E-state index in [1.165, 1.54) is 15.6 Å². The van der Waals surface area contributed by atoms with Gasteiger partial charge in [-0.1, -0.05) is 11.6 Å². The van der Waals surface area contributed by atoms with Crippen LogP contribution in [0.4, 0.5) is 23.9 Å². The minimum atomic E-state index is -4.60. The summed E-state index contributed by atoms with van der Waals surface area (Å²) in [6, 6.07) is -0.120. The minimum absolute atomic E-state index is 0.00388. The molecular weight excluding hydrogens is 625 g/mol. The van der Waals surface area contributed by atoms with Gasteiger partial charge in [-0.15, -0.1) is 11.3 Å². The lowest BCUT2D eigenvalue weighted by atomic mass is 10.1. The highest BCUT2D eigenvalue weighted by molar-refractivity contribution is 9.11. The number of nitrogens with one attached hydrogen (secondary N) is 2. The third-order valence-corrected chi connectivity index (χ3v) is 7.68. The molecule has 0 radical (unpaired) electrons. The van der Waals surface area contributed by atoms with Gasteiger partial charge >= 0.3 is 12.3 Å². The molecule has 0 saturated carbocycles. The van der Waals surface area contributed by atoms with E-state index in [4.69, 9.17) is 16.3 Å². The van der Waals surface area contributed by atoms with Gasteiger partial charge in [0.05, 0.1) is 22.8 Å². The van der Waals surface area contributed by atoms with Crippen LogP contribution in [0.3, 0.4) is 0 Å². The molecule has 1 aliphatic rings. The number of thiazole rings is 1. The Balaban J connectivity index is 0.000000281. The van der Waals surface area contributed by atoms with Crippen LogP contribution < -0.4 is 10.6 Å². The second-order valence-corrected chi connectivity index (χ2v) is 13.7. The number of carbonyl (C=O) groups is 1. The quantitative estimate of drug-likeness (QED) is 0.437. The summed E-state index contributed by atoms with van der Waals surface area (Å²) in [6.07, 6.45) is -0.533. The van der Waals surface area contributed by atoms with Crippen molar-refractivity contribution in [3.8, 4) is 0 Å². The van der Waals surface area contributed by atoms with Crippen LogP contribution in [0, 0.1) is 0 Å². The normalized spacial score (nSPS) is 15.5. The van der Waals surface area contributed by atoms with Crippen molar-refractivity contribution < 1.29 is 31.1 Å². The minimum Gasteiger partial charge on any atom is -0.444 e. The third-order valence-electron chi connectivity index (χ3n) is 4.61. The largest absolute Gasteiger partial charge is 0.444 e. The Kier molecular flexibility index (Phi) is 10.9. The molecule has 1 fully saturated rings. The average molecular weight is 652 g/mol. The van der Waals surface area contributed by atoms with Crippen LogP contribution in [-0.2, 0) is 27.5 Å². The zero-order valence-electron chi connectivity index (χ0n) is 20.4. The molecule has 2 aromatic heterocycles. The first-order valence-electron chi connectivity index (χ1n) is 10.8. The second kappa shape index (κ2) is 12.9. The van der Waals surface area contributed by atoms with E-state index in [0.717, 1.165) is 15.0 Å². The highest BCUT2D eigenvalue weighted by atomic mass is 79.9. The predicted octanol–water partition coefficient (Wildman–Crippen LogP) is 4.92. The smallest absolute Gasteiger partial charge is 0.420 e. The van der Waals surface area contributed by atoms with E-state index < -0.39 is 38.6 Å². The summed E-state index contributed by atoms with van der Waals surface area (Å²) in [5.41, 5.74) is -1.56. The Morgan fingerprint density at radius 3 is 2.32 bits per heavy atom. The van der Waals surface area contributed by atoms with Gasteiger partial charge in [0.2, 0.25) is 16.0 Å². The number of sulfonamides is 1. The molecule has 208 valence electrons. The summed E-state index contributed by atoms with van der Waals surface area (Å²) in [4.78, 5) is 22.6. The fourth-order valence-corrected chi connectivity index (χ4v) is 5.32. The van der Waals surface area contributed by atoms with Crippen molar-refractivity contribution in [2.24, 2.45) is 0 Å². The summed E-state index contributed by atoms with van der Waals surface area (Å²) in [7, 11) is -3.22. The van der Waals surface area contributed by atoms with Gasteiger partial charge in [-0.2, -0.15) is 13.2 Å².